The van der Waals surface area contributed by atoms with Gasteiger partial charge in [0.25, 0.3) is 5.56 Å². The van der Waals surface area contributed by atoms with E-state index >= 15 is 0 Å². The molecule has 8 heteroatoms. The number of hydrogen-bond donors (Lipinski definition) is 1. The molecule has 0 spiro atoms. The van der Waals surface area contributed by atoms with Crippen LogP contribution in [-0.4, -0.2) is 30.1 Å². The molecular formula is C23H28N6O2. The molecule has 0 aliphatic rings. The molecule has 3 aromatic heterocycles. The van der Waals surface area contributed by atoms with Crippen LogP contribution in [0.1, 0.15) is 49.9 Å². The number of para-hydroxylation sites is 1. The summed E-state index contributed by atoms with van der Waals surface area (Å²) in [6.45, 7) is 9.80. The van der Waals surface area contributed by atoms with Gasteiger partial charge < -0.3 is 9.40 Å². The number of hydrogen-bond acceptors (Lipinski definition) is 6. The van der Waals surface area contributed by atoms with E-state index in [1.165, 1.54) is 0 Å². The van der Waals surface area contributed by atoms with Crippen LogP contribution in [0.4, 0.5) is 0 Å². The number of pyridine rings is 1. The van der Waals surface area contributed by atoms with Gasteiger partial charge in [-0.05, 0) is 66.8 Å². The molecule has 4 rings (SSSR count). The Balaban J connectivity index is 1.67. The van der Waals surface area contributed by atoms with Crippen molar-refractivity contribution in [2.24, 2.45) is 0 Å². The summed E-state index contributed by atoms with van der Waals surface area (Å²) in [5, 5.41) is 13.4. The highest BCUT2D eigenvalue weighted by atomic mass is 16.3. The predicted molar refractivity (Wildman–Crippen MR) is 118 cm³/mol. The van der Waals surface area contributed by atoms with E-state index in [-0.39, 0.29) is 11.1 Å². The Morgan fingerprint density at radius 1 is 1.16 bits per heavy atom. The standard InChI is InChI=1S/C23H28N6O2/c1-5-23(3,4)29-20(25-26-27-29)15-28(14-19-10-7-11-31-19)13-18-12-17-9-6-8-16(2)21(17)24-22(18)30/h6-12H,5,13-15H2,1-4H3,(H,24,30). The van der Waals surface area contributed by atoms with Gasteiger partial charge in [0, 0.05) is 12.1 Å². The van der Waals surface area contributed by atoms with E-state index in [4.69, 9.17) is 4.42 Å². The first-order valence-electron chi connectivity index (χ1n) is 10.5. The topological polar surface area (TPSA) is 92.8 Å². The largest absolute Gasteiger partial charge is 0.468 e. The molecule has 0 saturated carbocycles. The first-order chi connectivity index (χ1) is 14.9. The third-order valence-corrected chi connectivity index (χ3v) is 5.86. The van der Waals surface area contributed by atoms with Crippen molar-refractivity contribution in [2.45, 2.75) is 59.3 Å². The summed E-state index contributed by atoms with van der Waals surface area (Å²) in [5.41, 5.74) is 2.34. The molecule has 1 aromatic carbocycles. The first kappa shape index (κ1) is 21.0. The number of H-pyrrole nitrogens is 1. The number of aryl methyl sites for hydroxylation is 1. The van der Waals surface area contributed by atoms with Gasteiger partial charge in [-0.2, -0.15) is 0 Å². The quantitative estimate of drug-likeness (QED) is 0.466. The second-order valence-corrected chi connectivity index (χ2v) is 8.56. The zero-order valence-electron chi connectivity index (χ0n) is 18.4. The van der Waals surface area contributed by atoms with Crippen LogP contribution in [0.5, 0.6) is 0 Å². The van der Waals surface area contributed by atoms with Crippen molar-refractivity contribution in [3.8, 4) is 0 Å². The lowest BCUT2D eigenvalue weighted by Crippen LogP contribution is -2.32. The molecule has 162 valence electrons. The van der Waals surface area contributed by atoms with Gasteiger partial charge in [0.15, 0.2) is 5.82 Å². The van der Waals surface area contributed by atoms with E-state index < -0.39 is 0 Å². The fraction of sp³-hybridized carbons (Fsp3) is 0.391. The van der Waals surface area contributed by atoms with Gasteiger partial charge in [0.05, 0.1) is 30.4 Å². The Morgan fingerprint density at radius 2 is 2.00 bits per heavy atom. The Bertz CT molecular complexity index is 1220. The molecule has 0 bridgehead atoms. The van der Waals surface area contributed by atoms with E-state index in [9.17, 15) is 4.79 Å². The predicted octanol–water partition coefficient (Wildman–Crippen LogP) is 3.76. The van der Waals surface area contributed by atoms with Gasteiger partial charge in [-0.1, -0.05) is 25.1 Å². The van der Waals surface area contributed by atoms with Gasteiger partial charge in [0.2, 0.25) is 0 Å². The van der Waals surface area contributed by atoms with Crippen molar-refractivity contribution >= 4 is 10.9 Å². The van der Waals surface area contributed by atoms with Crippen molar-refractivity contribution in [3.63, 3.8) is 0 Å². The fourth-order valence-corrected chi connectivity index (χ4v) is 3.70. The van der Waals surface area contributed by atoms with E-state index in [0.717, 1.165) is 34.5 Å². The lowest BCUT2D eigenvalue weighted by Gasteiger charge is -2.26. The number of nitrogens with zero attached hydrogens (tertiary/aromatic N) is 5. The summed E-state index contributed by atoms with van der Waals surface area (Å²) in [4.78, 5) is 18.0. The Kier molecular flexibility index (Phi) is 5.73. The minimum absolute atomic E-state index is 0.0836. The molecule has 0 saturated heterocycles. The highest BCUT2D eigenvalue weighted by Gasteiger charge is 2.25. The van der Waals surface area contributed by atoms with Crippen molar-refractivity contribution in [1.29, 1.82) is 0 Å². The Labute approximate surface area is 180 Å². The van der Waals surface area contributed by atoms with Crippen LogP contribution >= 0.6 is 0 Å². The smallest absolute Gasteiger partial charge is 0.252 e. The normalized spacial score (nSPS) is 12.2. The van der Waals surface area contributed by atoms with E-state index in [1.54, 1.807) is 6.26 Å². The number of tetrazole rings is 1. The SMILES string of the molecule is CCC(C)(C)n1nnnc1CN(Cc1ccco1)Cc1cc2cccc(C)c2[nH]c1=O. The summed E-state index contributed by atoms with van der Waals surface area (Å²) in [6, 6.07) is 11.8. The van der Waals surface area contributed by atoms with Crippen LogP contribution in [-0.2, 0) is 25.2 Å². The molecule has 0 amide bonds. The molecule has 1 N–H and O–H groups in total. The highest BCUT2D eigenvalue weighted by molar-refractivity contribution is 5.81. The summed E-state index contributed by atoms with van der Waals surface area (Å²) in [6.07, 6.45) is 2.55. The number of furan rings is 1. The second-order valence-electron chi connectivity index (χ2n) is 8.56. The number of aromatic nitrogens is 5. The van der Waals surface area contributed by atoms with Crippen molar-refractivity contribution in [1.82, 2.24) is 30.1 Å². The summed E-state index contributed by atoms with van der Waals surface area (Å²) in [5.74, 6) is 1.58. The molecule has 31 heavy (non-hydrogen) atoms. The maximum Gasteiger partial charge on any atom is 0.252 e. The molecule has 0 radical (unpaired) electrons. The minimum Gasteiger partial charge on any atom is -0.468 e. The molecule has 0 unspecified atom stereocenters. The molecular weight excluding hydrogens is 392 g/mol. The van der Waals surface area contributed by atoms with Crippen LogP contribution in [0, 0.1) is 6.92 Å². The van der Waals surface area contributed by atoms with Crippen LogP contribution in [0.25, 0.3) is 10.9 Å². The van der Waals surface area contributed by atoms with Crippen molar-refractivity contribution in [3.05, 3.63) is 75.7 Å². The number of rotatable bonds is 8. The van der Waals surface area contributed by atoms with Crippen LogP contribution in [0.15, 0.2) is 51.9 Å². The number of benzene rings is 1. The summed E-state index contributed by atoms with van der Waals surface area (Å²) < 4.78 is 7.44. The molecule has 4 aromatic rings. The third kappa shape index (κ3) is 4.44. The van der Waals surface area contributed by atoms with E-state index in [1.807, 2.05) is 48.0 Å². The van der Waals surface area contributed by atoms with Gasteiger partial charge >= 0.3 is 0 Å². The summed E-state index contributed by atoms with van der Waals surface area (Å²) >= 11 is 0. The van der Waals surface area contributed by atoms with Crippen LogP contribution < -0.4 is 5.56 Å². The lowest BCUT2D eigenvalue weighted by molar-refractivity contribution is 0.203. The zero-order valence-corrected chi connectivity index (χ0v) is 18.4. The van der Waals surface area contributed by atoms with Crippen molar-refractivity contribution < 1.29 is 4.42 Å². The average molecular weight is 421 g/mol. The van der Waals surface area contributed by atoms with E-state index in [0.29, 0.717) is 25.2 Å². The lowest BCUT2D eigenvalue weighted by atomic mass is 10.0. The Morgan fingerprint density at radius 3 is 2.74 bits per heavy atom. The molecule has 0 aliphatic carbocycles. The van der Waals surface area contributed by atoms with Gasteiger partial charge in [-0.3, -0.25) is 9.69 Å². The minimum atomic E-state index is -0.201. The van der Waals surface area contributed by atoms with Gasteiger partial charge in [-0.25, -0.2) is 4.68 Å². The maximum absolute atomic E-state index is 12.8. The second kappa shape index (κ2) is 8.47. The Hall–Kier alpha value is -3.26. The monoisotopic (exact) mass is 420 g/mol. The van der Waals surface area contributed by atoms with Gasteiger partial charge in [0.1, 0.15) is 5.76 Å². The van der Waals surface area contributed by atoms with E-state index in [2.05, 4.69) is 46.2 Å². The summed E-state index contributed by atoms with van der Waals surface area (Å²) in [7, 11) is 0. The third-order valence-electron chi connectivity index (χ3n) is 5.86. The fourth-order valence-electron chi connectivity index (χ4n) is 3.70. The molecule has 0 aliphatic heterocycles. The number of nitrogens with one attached hydrogen (secondary N) is 1. The average Bonchev–Trinajstić information content (AvgIpc) is 3.42. The highest BCUT2D eigenvalue weighted by Crippen LogP contribution is 2.21. The molecule has 0 atom stereocenters. The van der Waals surface area contributed by atoms with Crippen LogP contribution in [0.2, 0.25) is 0 Å². The molecule has 3 heterocycles. The zero-order chi connectivity index (χ0) is 22.0. The number of fused-ring (bicyclic) bond motifs is 1. The van der Waals surface area contributed by atoms with Crippen molar-refractivity contribution in [2.75, 3.05) is 0 Å². The maximum atomic E-state index is 12.8. The number of aromatic amines is 1. The molecule has 8 nitrogen and oxygen atoms in total. The first-order valence-corrected chi connectivity index (χ1v) is 10.5. The van der Waals surface area contributed by atoms with Crippen LogP contribution in [0.3, 0.4) is 0 Å². The van der Waals surface area contributed by atoms with Gasteiger partial charge in [-0.15, -0.1) is 5.10 Å². The molecule has 0 fully saturated rings.